The van der Waals surface area contributed by atoms with Gasteiger partial charge in [0, 0.05) is 11.3 Å². The van der Waals surface area contributed by atoms with Crippen molar-refractivity contribution in [3.05, 3.63) is 53.1 Å². The van der Waals surface area contributed by atoms with Crippen LogP contribution >= 0.6 is 0 Å². The minimum atomic E-state index is -0.638. The maximum absolute atomic E-state index is 12.3. The van der Waals surface area contributed by atoms with Gasteiger partial charge in [-0.3, -0.25) is 14.4 Å². The average molecular weight is 351 g/mol. The summed E-state index contributed by atoms with van der Waals surface area (Å²) in [4.78, 5) is 35.8. The number of carbonyl (C=O) groups excluding carboxylic acids is 3. The normalized spacial score (nSPS) is 15.5. The van der Waals surface area contributed by atoms with Crippen LogP contribution in [0.5, 0.6) is 0 Å². The lowest BCUT2D eigenvalue weighted by atomic mass is 10.0. The van der Waals surface area contributed by atoms with Crippen LogP contribution < -0.4 is 16.0 Å². The standard InChI is InChI=1S/C20H21N3O3/c1-11-8-16-17(9-12(11)2)23-20(26)18(22-16)10-19(25)21-15-6-4-14(5-7-15)13(3)24/h4-9,18,22H,10H2,1-3H3,(H,21,25)(H,23,26)/t18-/m1/s1. The van der Waals surface area contributed by atoms with E-state index in [0.717, 1.165) is 22.5 Å². The number of anilines is 3. The van der Waals surface area contributed by atoms with Gasteiger partial charge in [-0.15, -0.1) is 0 Å². The summed E-state index contributed by atoms with van der Waals surface area (Å²) < 4.78 is 0. The summed E-state index contributed by atoms with van der Waals surface area (Å²) in [6.45, 7) is 5.47. The molecule has 6 heteroatoms. The molecule has 0 saturated carbocycles. The molecule has 3 rings (SSSR count). The van der Waals surface area contributed by atoms with E-state index in [1.54, 1.807) is 24.3 Å². The summed E-state index contributed by atoms with van der Waals surface area (Å²) in [6.07, 6.45) is 0.00660. The van der Waals surface area contributed by atoms with Gasteiger partial charge in [0.2, 0.25) is 11.8 Å². The van der Waals surface area contributed by atoms with Crippen LogP contribution in [0.3, 0.4) is 0 Å². The van der Waals surface area contributed by atoms with Crippen LogP contribution in [0.15, 0.2) is 36.4 Å². The van der Waals surface area contributed by atoms with Gasteiger partial charge in [0.05, 0.1) is 17.8 Å². The zero-order valence-electron chi connectivity index (χ0n) is 15.0. The van der Waals surface area contributed by atoms with Crippen molar-refractivity contribution in [2.24, 2.45) is 0 Å². The van der Waals surface area contributed by atoms with Crippen molar-refractivity contribution >= 4 is 34.7 Å². The second kappa shape index (κ2) is 7.00. The summed E-state index contributed by atoms with van der Waals surface area (Å²) in [7, 11) is 0. The van der Waals surface area contributed by atoms with Gasteiger partial charge in [0.15, 0.2) is 5.78 Å². The van der Waals surface area contributed by atoms with Gasteiger partial charge in [-0.05, 0) is 68.3 Å². The molecule has 134 valence electrons. The van der Waals surface area contributed by atoms with Gasteiger partial charge in [0.25, 0.3) is 0 Å². The Labute approximate surface area is 152 Å². The topological polar surface area (TPSA) is 87.3 Å². The molecule has 1 aliphatic rings. The van der Waals surface area contributed by atoms with E-state index in [0.29, 0.717) is 11.3 Å². The Bertz CT molecular complexity index is 888. The zero-order valence-corrected chi connectivity index (χ0v) is 15.0. The fourth-order valence-corrected chi connectivity index (χ4v) is 2.84. The lowest BCUT2D eigenvalue weighted by Crippen LogP contribution is -2.41. The second-order valence-corrected chi connectivity index (χ2v) is 6.55. The number of rotatable bonds is 4. The summed E-state index contributed by atoms with van der Waals surface area (Å²) in [5.41, 5.74) is 4.92. The Hall–Kier alpha value is -3.15. The van der Waals surface area contributed by atoms with Gasteiger partial charge < -0.3 is 16.0 Å². The minimum Gasteiger partial charge on any atom is -0.372 e. The Balaban J connectivity index is 1.66. The Kier molecular flexibility index (Phi) is 4.75. The molecule has 1 aliphatic heterocycles. The molecule has 0 fully saturated rings. The molecule has 2 amide bonds. The third-order valence-electron chi connectivity index (χ3n) is 4.50. The molecular weight excluding hydrogens is 330 g/mol. The van der Waals surface area contributed by atoms with Crippen LogP contribution in [0, 0.1) is 13.8 Å². The van der Waals surface area contributed by atoms with Gasteiger partial charge in [-0.25, -0.2) is 0 Å². The molecule has 1 heterocycles. The van der Waals surface area contributed by atoms with E-state index in [1.807, 2.05) is 26.0 Å². The van der Waals surface area contributed by atoms with E-state index in [1.165, 1.54) is 6.92 Å². The number of benzene rings is 2. The average Bonchev–Trinajstić information content (AvgIpc) is 2.58. The molecule has 0 aliphatic carbocycles. The van der Waals surface area contributed by atoms with Crippen LogP contribution in [-0.4, -0.2) is 23.6 Å². The van der Waals surface area contributed by atoms with Crippen molar-refractivity contribution in [3.63, 3.8) is 0 Å². The van der Waals surface area contributed by atoms with Crippen molar-refractivity contribution < 1.29 is 14.4 Å². The fourth-order valence-electron chi connectivity index (χ4n) is 2.84. The molecule has 1 atom stereocenters. The monoisotopic (exact) mass is 351 g/mol. The number of hydrogen-bond acceptors (Lipinski definition) is 4. The number of ketones is 1. The molecule has 3 N–H and O–H groups in total. The number of Topliss-reactive ketones (excluding diaryl/α,β-unsaturated/α-hetero) is 1. The quantitative estimate of drug-likeness (QED) is 0.738. The SMILES string of the molecule is CC(=O)c1ccc(NC(=O)C[C@H]2Nc3cc(C)c(C)cc3NC2=O)cc1. The summed E-state index contributed by atoms with van der Waals surface area (Å²) >= 11 is 0. The lowest BCUT2D eigenvalue weighted by molar-refractivity contribution is -0.122. The van der Waals surface area contributed by atoms with Crippen molar-refractivity contribution in [2.45, 2.75) is 33.2 Å². The lowest BCUT2D eigenvalue weighted by Gasteiger charge is -2.27. The summed E-state index contributed by atoms with van der Waals surface area (Å²) in [5.74, 6) is -0.543. The van der Waals surface area contributed by atoms with E-state index in [-0.39, 0.29) is 24.0 Å². The van der Waals surface area contributed by atoms with Crippen LogP contribution in [0.2, 0.25) is 0 Å². The number of carbonyl (C=O) groups is 3. The fraction of sp³-hybridized carbons (Fsp3) is 0.250. The Morgan fingerprint density at radius 3 is 2.27 bits per heavy atom. The number of aryl methyl sites for hydroxylation is 2. The Morgan fingerprint density at radius 1 is 1.04 bits per heavy atom. The first-order valence-electron chi connectivity index (χ1n) is 8.43. The summed E-state index contributed by atoms with van der Waals surface area (Å²) in [6, 6.07) is 9.91. The van der Waals surface area contributed by atoms with Gasteiger partial charge in [-0.2, -0.15) is 0 Å². The molecule has 26 heavy (non-hydrogen) atoms. The molecular formula is C20H21N3O3. The van der Waals surface area contributed by atoms with E-state index in [2.05, 4.69) is 16.0 Å². The van der Waals surface area contributed by atoms with Crippen LogP contribution in [0.4, 0.5) is 17.1 Å². The predicted octanol–water partition coefficient (Wildman–Crippen LogP) is 3.27. The van der Waals surface area contributed by atoms with Gasteiger partial charge in [-0.1, -0.05) is 0 Å². The maximum Gasteiger partial charge on any atom is 0.247 e. The smallest absolute Gasteiger partial charge is 0.247 e. The number of hydrogen-bond donors (Lipinski definition) is 3. The van der Waals surface area contributed by atoms with Crippen molar-refractivity contribution in [2.75, 3.05) is 16.0 Å². The molecule has 0 spiro atoms. The number of amides is 2. The van der Waals surface area contributed by atoms with E-state index < -0.39 is 6.04 Å². The molecule has 2 aromatic carbocycles. The van der Waals surface area contributed by atoms with Crippen LogP contribution in [-0.2, 0) is 9.59 Å². The summed E-state index contributed by atoms with van der Waals surface area (Å²) in [5, 5.41) is 8.74. The second-order valence-electron chi connectivity index (χ2n) is 6.55. The molecule has 2 aromatic rings. The highest BCUT2D eigenvalue weighted by Crippen LogP contribution is 2.30. The first-order valence-corrected chi connectivity index (χ1v) is 8.43. The molecule has 0 saturated heterocycles. The van der Waals surface area contributed by atoms with Crippen molar-refractivity contribution in [1.82, 2.24) is 0 Å². The van der Waals surface area contributed by atoms with E-state index >= 15 is 0 Å². The zero-order chi connectivity index (χ0) is 18.8. The Morgan fingerprint density at radius 2 is 1.65 bits per heavy atom. The molecule has 0 aromatic heterocycles. The van der Waals surface area contributed by atoms with Crippen molar-refractivity contribution in [1.29, 1.82) is 0 Å². The van der Waals surface area contributed by atoms with E-state index in [4.69, 9.17) is 0 Å². The van der Waals surface area contributed by atoms with Crippen LogP contribution in [0.1, 0.15) is 34.8 Å². The number of fused-ring (bicyclic) bond motifs is 1. The van der Waals surface area contributed by atoms with Gasteiger partial charge in [0.1, 0.15) is 6.04 Å². The molecule has 0 radical (unpaired) electrons. The largest absolute Gasteiger partial charge is 0.372 e. The highest BCUT2D eigenvalue weighted by Gasteiger charge is 2.28. The third kappa shape index (κ3) is 3.74. The van der Waals surface area contributed by atoms with Crippen molar-refractivity contribution in [3.8, 4) is 0 Å². The number of nitrogens with one attached hydrogen (secondary N) is 3. The molecule has 0 unspecified atom stereocenters. The highest BCUT2D eigenvalue weighted by molar-refractivity contribution is 6.06. The van der Waals surface area contributed by atoms with Gasteiger partial charge >= 0.3 is 0 Å². The first kappa shape index (κ1) is 17.7. The highest BCUT2D eigenvalue weighted by atomic mass is 16.2. The molecule has 6 nitrogen and oxygen atoms in total. The third-order valence-corrected chi connectivity index (χ3v) is 4.50. The first-order chi connectivity index (χ1) is 12.3. The van der Waals surface area contributed by atoms with Crippen LogP contribution in [0.25, 0.3) is 0 Å². The minimum absolute atomic E-state index is 0.00660. The van der Waals surface area contributed by atoms with E-state index in [9.17, 15) is 14.4 Å². The maximum atomic E-state index is 12.3. The predicted molar refractivity (Wildman–Crippen MR) is 102 cm³/mol. The molecule has 0 bridgehead atoms.